The molecule has 0 N–H and O–H groups in total. The molecular formula is C9H17F3S. The van der Waals surface area contributed by atoms with Gasteiger partial charge in [-0.15, -0.1) is 0 Å². The van der Waals surface area contributed by atoms with Crippen molar-refractivity contribution in [3.63, 3.8) is 0 Å². The highest BCUT2D eigenvalue weighted by molar-refractivity contribution is 7.99. The zero-order chi connectivity index (χ0) is 10.2. The van der Waals surface area contributed by atoms with Crippen molar-refractivity contribution in [2.45, 2.75) is 45.2 Å². The Morgan fingerprint density at radius 3 is 2.23 bits per heavy atom. The van der Waals surface area contributed by atoms with E-state index in [2.05, 4.69) is 6.92 Å². The minimum Gasteiger partial charge on any atom is -0.171 e. The van der Waals surface area contributed by atoms with E-state index in [0.29, 0.717) is 0 Å². The zero-order valence-corrected chi connectivity index (χ0v) is 8.81. The Bertz CT molecular complexity index is 112. The fourth-order valence-corrected chi connectivity index (χ4v) is 1.91. The van der Waals surface area contributed by atoms with Gasteiger partial charge in [-0.25, -0.2) is 0 Å². The van der Waals surface area contributed by atoms with Gasteiger partial charge in [-0.1, -0.05) is 26.2 Å². The average molecular weight is 214 g/mol. The molecule has 0 aromatic carbocycles. The van der Waals surface area contributed by atoms with Gasteiger partial charge in [-0.05, 0) is 12.2 Å². The number of alkyl halides is 3. The van der Waals surface area contributed by atoms with Crippen molar-refractivity contribution in [3.05, 3.63) is 0 Å². The van der Waals surface area contributed by atoms with Crippen molar-refractivity contribution in [1.29, 1.82) is 0 Å². The predicted octanol–water partition coefficient (Wildman–Crippen LogP) is 4.25. The summed E-state index contributed by atoms with van der Waals surface area (Å²) >= 11 is 1.41. The number of rotatable bonds is 7. The van der Waals surface area contributed by atoms with E-state index in [0.717, 1.165) is 18.6 Å². The SMILES string of the molecule is CCCCCCSCCC(F)(F)F. The van der Waals surface area contributed by atoms with Crippen LogP contribution in [0.2, 0.25) is 0 Å². The molecule has 0 nitrogen and oxygen atoms in total. The Balaban J connectivity index is 3.00. The molecule has 0 heterocycles. The highest BCUT2D eigenvalue weighted by Crippen LogP contribution is 2.22. The van der Waals surface area contributed by atoms with Crippen LogP contribution in [0.15, 0.2) is 0 Å². The fourth-order valence-electron chi connectivity index (χ4n) is 0.921. The summed E-state index contributed by atoms with van der Waals surface area (Å²) in [5.41, 5.74) is 0. The quantitative estimate of drug-likeness (QED) is 0.571. The van der Waals surface area contributed by atoms with Crippen molar-refractivity contribution in [3.8, 4) is 0 Å². The maximum atomic E-state index is 11.7. The van der Waals surface area contributed by atoms with Gasteiger partial charge in [0.25, 0.3) is 0 Å². The molecule has 0 amide bonds. The molecule has 0 aliphatic rings. The lowest BCUT2D eigenvalue weighted by molar-refractivity contribution is -0.129. The fraction of sp³-hybridized carbons (Fsp3) is 1.00. The van der Waals surface area contributed by atoms with E-state index < -0.39 is 12.6 Å². The Labute approximate surface area is 82.3 Å². The standard InChI is InChI=1S/C9H17F3S/c1-2-3-4-5-7-13-8-6-9(10,11)12/h2-8H2,1H3. The number of halogens is 3. The molecule has 0 aliphatic carbocycles. The summed E-state index contributed by atoms with van der Waals surface area (Å²) in [6, 6.07) is 0. The van der Waals surface area contributed by atoms with Crippen LogP contribution in [0.5, 0.6) is 0 Å². The molecule has 13 heavy (non-hydrogen) atoms. The first kappa shape index (κ1) is 13.1. The van der Waals surface area contributed by atoms with E-state index in [1.807, 2.05) is 0 Å². The van der Waals surface area contributed by atoms with Crippen molar-refractivity contribution in [1.82, 2.24) is 0 Å². The Hall–Kier alpha value is 0.140. The van der Waals surface area contributed by atoms with Crippen LogP contribution in [0.25, 0.3) is 0 Å². The highest BCUT2D eigenvalue weighted by Gasteiger charge is 2.25. The minimum absolute atomic E-state index is 0.218. The summed E-state index contributed by atoms with van der Waals surface area (Å²) in [5, 5.41) is 0. The monoisotopic (exact) mass is 214 g/mol. The van der Waals surface area contributed by atoms with E-state index in [4.69, 9.17) is 0 Å². The number of unbranched alkanes of at least 4 members (excludes halogenated alkanes) is 3. The number of thioether (sulfide) groups is 1. The molecule has 0 radical (unpaired) electrons. The van der Waals surface area contributed by atoms with Crippen LogP contribution in [-0.2, 0) is 0 Å². The first-order valence-electron chi connectivity index (χ1n) is 4.70. The van der Waals surface area contributed by atoms with Gasteiger partial charge < -0.3 is 0 Å². The number of hydrogen-bond donors (Lipinski definition) is 0. The average Bonchev–Trinajstić information content (AvgIpc) is 2.01. The van der Waals surface area contributed by atoms with E-state index in [9.17, 15) is 13.2 Å². The normalized spacial score (nSPS) is 12.0. The second-order valence-corrected chi connectivity index (χ2v) is 4.26. The molecule has 0 aromatic rings. The van der Waals surface area contributed by atoms with Crippen molar-refractivity contribution in [2.75, 3.05) is 11.5 Å². The third-order valence-corrected chi connectivity index (χ3v) is 2.74. The predicted molar refractivity (Wildman–Crippen MR) is 52.1 cm³/mol. The maximum Gasteiger partial charge on any atom is 0.389 e. The van der Waals surface area contributed by atoms with Crippen LogP contribution in [0.3, 0.4) is 0 Å². The van der Waals surface area contributed by atoms with Gasteiger partial charge in [-0.2, -0.15) is 24.9 Å². The maximum absolute atomic E-state index is 11.7. The van der Waals surface area contributed by atoms with Crippen LogP contribution < -0.4 is 0 Å². The van der Waals surface area contributed by atoms with Crippen LogP contribution in [-0.4, -0.2) is 17.7 Å². The largest absolute Gasteiger partial charge is 0.389 e. The second-order valence-electron chi connectivity index (χ2n) is 3.04. The van der Waals surface area contributed by atoms with Crippen LogP contribution in [0.1, 0.15) is 39.0 Å². The van der Waals surface area contributed by atoms with E-state index in [-0.39, 0.29) is 5.75 Å². The summed E-state index contributed by atoms with van der Waals surface area (Å²) in [6.07, 6.45) is -0.0548. The third kappa shape index (κ3) is 12.1. The molecule has 80 valence electrons. The Kier molecular flexibility index (Phi) is 7.62. The molecule has 4 heteroatoms. The van der Waals surface area contributed by atoms with Gasteiger partial charge in [0, 0.05) is 5.75 Å². The molecule has 0 saturated carbocycles. The molecule has 0 aromatic heterocycles. The molecule has 0 atom stereocenters. The van der Waals surface area contributed by atoms with Gasteiger partial charge in [0.15, 0.2) is 0 Å². The Morgan fingerprint density at radius 2 is 1.69 bits per heavy atom. The summed E-state index contributed by atoms with van der Waals surface area (Å²) in [6.45, 7) is 2.12. The number of hydrogen-bond acceptors (Lipinski definition) is 1. The summed E-state index contributed by atoms with van der Waals surface area (Å²) < 4.78 is 35.0. The molecule has 0 fully saturated rings. The topological polar surface area (TPSA) is 0 Å². The van der Waals surface area contributed by atoms with Crippen LogP contribution >= 0.6 is 11.8 Å². The first-order valence-corrected chi connectivity index (χ1v) is 5.86. The van der Waals surface area contributed by atoms with Crippen LogP contribution in [0, 0.1) is 0 Å². The van der Waals surface area contributed by atoms with Gasteiger partial charge in [0.1, 0.15) is 0 Å². The highest BCUT2D eigenvalue weighted by atomic mass is 32.2. The lowest BCUT2D eigenvalue weighted by Gasteiger charge is -2.05. The third-order valence-electron chi connectivity index (χ3n) is 1.67. The van der Waals surface area contributed by atoms with Crippen molar-refractivity contribution in [2.24, 2.45) is 0 Å². The molecule has 0 aliphatic heterocycles. The lowest BCUT2D eigenvalue weighted by atomic mass is 10.2. The smallest absolute Gasteiger partial charge is 0.171 e. The van der Waals surface area contributed by atoms with Gasteiger partial charge >= 0.3 is 6.18 Å². The van der Waals surface area contributed by atoms with E-state index in [1.165, 1.54) is 24.6 Å². The molecule has 0 saturated heterocycles. The molecule has 0 spiro atoms. The van der Waals surface area contributed by atoms with Crippen LogP contribution in [0.4, 0.5) is 13.2 Å². The lowest BCUT2D eigenvalue weighted by Crippen LogP contribution is -2.08. The minimum atomic E-state index is -3.98. The van der Waals surface area contributed by atoms with Gasteiger partial charge in [0.2, 0.25) is 0 Å². The first-order chi connectivity index (χ1) is 6.06. The van der Waals surface area contributed by atoms with E-state index >= 15 is 0 Å². The molecule has 0 bridgehead atoms. The molecule has 0 unspecified atom stereocenters. The molecule has 0 rings (SSSR count). The zero-order valence-electron chi connectivity index (χ0n) is 7.99. The summed E-state index contributed by atoms with van der Waals surface area (Å²) in [5.74, 6) is 1.09. The van der Waals surface area contributed by atoms with Gasteiger partial charge in [0.05, 0.1) is 6.42 Å². The van der Waals surface area contributed by atoms with E-state index in [1.54, 1.807) is 0 Å². The van der Waals surface area contributed by atoms with Crippen molar-refractivity contribution >= 4 is 11.8 Å². The second kappa shape index (κ2) is 7.54. The Morgan fingerprint density at radius 1 is 1.00 bits per heavy atom. The van der Waals surface area contributed by atoms with Crippen molar-refractivity contribution < 1.29 is 13.2 Å². The molecular weight excluding hydrogens is 197 g/mol. The van der Waals surface area contributed by atoms with Gasteiger partial charge in [-0.3, -0.25) is 0 Å². The summed E-state index contributed by atoms with van der Waals surface area (Å²) in [7, 11) is 0. The summed E-state index contributed by atoms with van der Waals surface area (Å²) in [4.78, 5) is 0.